The van der Waals surface area contributed by atoms with E-state index in [-0.39, 0.29) is 0 Å². The summed E-state index contributed by atoms with van der Waals surface area (Å²) in [6.45, 7) is 4.48. The van der Waals surface area contributed by atoms with Crippen molar-refractivity contribution in [1.82, 2.24) is 4.98 Å². The van der Waals surface area contributed by atoms with Crippen LogP contribution in [0.25, 0.3) is 0 Å². The number of hydrogen-bond donors (Lipinski definition) is 0. The molecule has 2 nitrogen and oxygen atoms in total. The van der Waals surface area contributed by atoms with Gasteiger partial charge in [0.25, 0.3) is 0 Å². The van der Waals surface area contributed by atoms with E-state index in [4.69, 9.17) is 4.74 Å². The number of aromatic nitrogens is 1. The normalized spacial score (nSPS) is 10.6. The number of pyridine rings is 1. The maximum atomic E-state index is 5.41. The Morgan fingerprint density at radius 1 is 1.00 bits per heavy atom. The van der Waals surface area contributed by atoms with E-state index in [2.05, 4.69) is 24.9 Å². The molecule has 0 unspecified atom stereocenters. The third-order valence-electron chi connectivity index (χ3n) is 3.39. The highest BCUT2D eigenvalue weighted by Gasteiger charge is 2.09. The smallest absolute Gasteiger partial charge is 0.216 e. The minimum absolute atomic E-state index is 0.833. The zero-order chi connectivity index (χ0) is 13.2. The van der Waals surface area contributed by atoms with Crippen LogP contribution in [0.5, 0.6) is 5.88 Å². The highest BCUT2D eigenvalue weighted by atomic mass is 16.5. The number of nitrogens with zero attached hydrogens (tertiary/aromatic N) is 1. The molecule has 0 bridgehead atoms. The van der Waals surface area contributed by atoms with Crippen molar-refractivity contribution in [2.45, 2.75) is 65.2 Å². The van der Waals surface area contributed by atoms with Gasteiger partial charge in [-0.2, -0.15) is 0 Å². The minimum Gasteiger partial charge on any atom is -0.481 e. The van der Waals surface area contributed by atoms with Gasteiger partial charge in [0.1, 0.15) is 0 Å². The molecule has 102 valence electrons. The first kappa shape index (κ1) is 15.0. The molecule has 0 spiro atoms. The lowest BCUT2D eigenvalue weighted by Gasteiger charge is -2.12. The molecule has 0 radical (unpaired) electrons. The van der Waals surface area contributed by atoms with Crippen LogP contribution in [0.2, 0.25) is 0 Å². The SMILES string of the molecule is CCCCCc1ccnc(OC)c1CCCCC. The van der Waals surface area contributed by atoms with E-state index in [0.29, 0.717) is 0 Å². The fourth-order valence-electron chi connectivity index (χ4n) is 2.31. The van der Waals surface area contributed by atoms with Crippen LogP contribution in [0.15, 0.2) is 12.3 Å². The van der Waals surface area contributed by atoms with Crippen LogP contribution in [0.3, 0.4) is 0 Å². The molecule has 0 atom stereocenters. The van der Waals surface area contributed by atoms with Gasteiger partial charge in [-0.3, -0.25) is 0 Å². The van der Waals surface area contributed by atoms with Crippen molar-refractivity contribution in [2.24, 2.45) is 0 Å². The number of unbranched alkanes of at least 4 members (excludes halogenated alkanes) is 4. The lowest BCUT2D eigenvalue weighted by atomic mass is 9.98. The molecule has 1 heterocycles. The van der Waals surface area contributed by atoms with Gasteiger partial charge in [-0.1, -0.05) is 39.5 Å². The molecule has 1 rings (SSSR count). The van der Waals surface area contributed by atoms with Crippen LogP contribution in [-0.4, -0.2) is 12.1 Å². The quantitative estimate of drug-likeness (QED) is 0.599. The molecule has 0 aliphatic rings. The van der Waals surface area contributed by atoms with E-state index >= 15 is 0 Å². The third-order valence-corrected chi connectivity index (χ3v) is 3.39. The van der Waals surface area contributed by atoms with Crippen LogP contribution in [-0.2, 0) is 12.8 Å². The summed E-state index contributed by atoms with van der Waals surface area (Å²) in [6.07, 6.45) is 11.8. The number of hydrogen-bond acceptors (Lipinski definition) is 2. The van der Waals surface area contributed by atoms with Crippen LogP contribution in [0.1, 0.15) is 63.5 Å². The second-order valence-corrected chi connectivity index (χ2v) is 4.87. The van der Waals surface area contributed by atoms with Crippen molar-refractivity contribution >= 4 is 0 Å². The van der Waals surface area contributed by atoms with Crippen molar-refractivity contribution in [3.8, 4) is 5.88 Å². The topological polar surface area (TPSA) is 22.1 Å². The summed E-state index contributed by atoms with van der Waals surface area (Å²) in [7, 11) is 1.72. The number of rotatable bonds is 9. The lowest BCUT2D eigenvalue weighted by molar-refractivity contribution is 0.390. The Morgan fingerprint density at radius 2 is 1.67 bits per heavy atom. The Labute approximate surface area is 112 Å². The first-order chi connectivity index (χ1) is 8.83. The van der Waals surface area contributed by atoms with E-state index in [9.17, 15) is 0 Å². The van der Waals surface area contributed by atoms with Crippen molar-refractivity contribution in [3.05, 3.63) is 23.4 Å². The molecule has 0 aliphatic carbocycles. The van der Waals surface area contributed by atoms with Gasteiger partial charge < -0.3 is 4.74 Å². The zero-order valence-corrected chi connectivity index (χ0v) is 12.2. The molecule has 0 N–H and O–H groups in total. The van der Waals surface area contributed by atoms with E-state index in [1.165, 1.54) is 49.7 Å². The predicted octanol–water partition coefficient (Wildman–Crippen LogP) is 4.56. The molecule has 2 heteroatoms. The standard InChI is InChI=1S/C16H27NO/c1-4-6-8-10-14-12-13-17-16(18-3)15(14)11-9-7-5-2/h12-13H,4-11H2,1-3H3. The summed E-state index contributed by atoms with van der Waals surface area (Å²) in [5.74, 6) is 0.833. The van der Waals surface area contributed by atoms with Gasteiger partial charge in [-0.05, 0) is 37.3 Å². The van der Waals surface area contributed by atoms with Gasteiger partial charge in [0.15, 0.2) is 0 Å². The lowest BCUT2D eigenvalue weighted by Crippen LogP contribution is -2.01. The van der Waals surface area contributed by atoms with Gasteiger partial charge >= 0.3 is 0 Å². The van der Waals surface area contributed by atoms with E-state index in [1.807, 2.05) is 6.20 Å². The summed E-state index contributed by atoms with van der Waals surface area (Å²) < 4.78 is 5.41. The van der Waals surface area contributed by atoms with Crippen LogP contribution in [0, 0.1) is 0 Å². The maximum absolute atomic E-state index is 5.41. The number of ether oxygens (including phenoxy) is 1. The molecule has 0 aromatic carbocycles. The van der Waals surface area contributed by atoms with E-state index in [1.54, 1.807) is 7.11 Å². The fraction of sp³-hybridized carbons (Fsp3) is 0.688. The average molecular weight is 249 g/mol. The molecule has 0 amide bonds. The highest BCUT2D eigenvalue weighted by Crippen LogP contribution is 2.23. The van der Waals surface area contributed by atoms with E-state index in [0.717, 1.165) is 18.7 Å². The summed E-state index contributed by atoms with van der Waals surface area (Å²) in [6, 6.07) is 2.17. The first-order valence-electron chi connectivity index (χ1n) is 7.34. The molecular weight excluding hydrogens is 222 g/mol. The van der Waals surface area contributed by atoms with Crippen molar-refractivity contribution < 1.29 is 4.74 Å². The Morgan fingerprint density at radius 3 is 2.28 bits per heavy atom. The Balaban J connectivity index is 2.72. The molecule has 0 saturated carbocycles. The summed E-state index contributed by atoms with van der Waals surface area (Å²) in [4.78, 5) is 4.34. The van der Waals surface area contributed by atoms with Crippen molar-refractivity contribution in [1.29, 1.82) is 0 Å². The Bertz CT molecular complexity index is 336. The van der Waals surface area contributed by atoms with Gasteiger partial charge in [0.05, 0.1) is 7.11 Å². The minimum atomic E-state index is 0.833. The Hall–Kier alpha value is -1.05. The summed E-state index contributed by atoms with van der Waals surface area (Å²) in [5.41, 5.74) is 2.77. The number of aryl methyl sites for hydroxylation is 1. The third kappa shape index (κ3) is 4.67. The molecule has 18 heavy (non-hydrogen) atoms. The van der Waals surface area contributed by atoms with Crippen LogP contribution < -0.4 is 4.74 Å². The molecule has 1 aromatic rings. The maximum Gasteiger partial charge on any atom is 0.216 e. The average Bonchev–Trinajstić information content (AvgIpc) is 2.40. The monoisotopic (exact) mass is 249 g/mol. The van der Waals surface area contributed by atoms with Crippen molar-refractivity contribution in [2.75, 3.05) is 7.11 Å². The molecule has 0 aliphatic heterocycles. The largest absolute Gasteiger partial charge is 0.481 e. The zero-order valence-electron chi connectivity index (χ0n) is 12.2. The first-order valence-corrected chi connectivity index (χ1v) is 7.34. The van der Waals surface area contributed by atoms with Gasteiger partial charge in [-0.15, -0.1) is 0 Å². The van der Waals surface area contributed by atoms with Crippen LogP contribution >= 0.6 is 0 Å². The number of methoxy groups -OCH3 is 1. The second kappa shape index (κ2) is 8.96. The van der Waals surface area contributed by atoms with Gasteiger partial charge in [0, 0.05) is 11.8 Å². The second-order valence-electron chi connectivity index (χ2n) is 4.87. The van der Waals surface area contributed by atoms with E-state index < -0.39 is 0 Å². The molecule has 1 aromatic heterocycles. The summed E-state index contributed by atoms with van der Waals surface area (Å²) in [5, 5.41) is 0. The molecule has 0 fully saturated rings. The highest BCUT2D eigenvalue weighted by molar-refractivity contribution is 5.34. The molecule has 0 saturated heterocycles. The van der Waals surface area contributed by atoms with Crippen molar-refractivity contribution in [3.63, 3.8) is 0 Å². The van der Waals surface area contributed by atoms with Gasteiger partial charge in [-0.25, -0.2) is 4.98 Å². The van der Waals surface area contributed by atoms with Crippen LogP contribution in [0.4, 0.5) is 0 Å². The Kier molecular flexibility index (Phi) is 7.47. The van der Waals surface area contributed by atoms with Gasteiger partial charge in [0.2, 0.25) is 5.88 Å². The predicted molar refractivity (Wildman–Crippen MR) is 77.2 cm³/mol. The fourth-order valence-corrected chi connectivity index (χ4v) is 2.31. The summed E-state index contributed by atoms with van der Waals surface area (Å²) >= 11 is 0. The molecular formula is C16H27NO.